The molecule has 2 unspecified atom stereocenters. The fourth-order valence-electron chi connectivity index (χ4n) is 14.0. The number of nitrogens with zero attached hydrogens (tertiary/aromatic N) is 4. The molecular weight excluding hydrogens is 1370 g/mol. The predicted molar refractivity (Wildman–Crippen MR) is 388 cm³/mol. The normalized spacial score (nSPS) is 14.4. The summed E-state index contributed by atoms with van der Waals surface area (Å²) < 4.78 is 158. The Labute approximate surface area is 605 Å². The Morgan fingerprint density at radius 1 is 0.529 bits per heavy atom. The number of halogens is 10. The first-order chi connectivity index (χ1) is 46.6. The largest absolute Gasteiger partial charge is 0.481 e. The van der Waals surface area contributed by atoms with Crippen LogP contribution in [0.5, 0.6) is 0 Å². The van der Waals surface area contributed by atoms with Gasteiger partial charge in [0.05, 0.1) is 42.7 Å². The number of aliphatic carboxylic acids is 1. The van der Waals surface area contributed by atoms with Crippen LogP contribution in [-0.4, -0.2) is 95.4 Å². The molecule has 4 atom stereocenters. The van der Waals surface area contributed by atoms with Crippen molar-refractivity contribution in [3.05, 3.63) is 183 Å². The standard InChI is InChI=1S/C40H49F5N2O4.C38H45F5N2O4.2H2S/c1-9-51-35(50)18-28(37-38(41)29(26-10-11-26)19-30(39(37)42)36-24(5)15-23(4)16-25(36)6)17-33(48)32(14-22(2)3)47-21-27(12-13-46(7)8)31(20-34(47)49)40(43,44)45;1-20(2)12-30(45-19-25(10-11-44(6)7)29(18-32(45)47)38(41,42)43)31(46)15-26(16-33(48)49)35-36(39)27(24-8-9-24)17-28(37(35)40)34-22(4)13-21(3)14-23(34)5;;/h15-16,19-22,26,28,32H,9-14,17-18H2,1-8H3;13-14,17-20,24,26,30H,8-12,15-16H2,1-7H3,(H,48,49);2*1H2/t28-,32?;26-,30?;;/m00../s1. The Morgan fingerprint density at radius 2 is 0.863 bits per heavy atom. The number of carboxylic acid groups (broad SMARTS) is 1. The Bertz CT molecular complexity index is 4110. The van der Waals surface area contributed by atoms with Crippen LogP contribution in [0.15, 0.2) is 70.5 Å². The molecule has 6 aromatic rings. The van der Waals surface area contributed by atoms with Crippen LogP contribution in [0.4, 0.5) is 43.9 Å². The number of esters is 1. The van der Waals surface area contributed by atoms with E-state index in [0.717, 1.165) is 54.9 Å². The van der Waals surface area contributed by atoms with Crippen molar-refractivity contribution in [2.75, 3.05) is 47.9 Å². The maximum absolute atomic E-state index is 17.0. The summed E-state index contributed by atoms with van der Waals surface area (Å²) in [6, 6.07) is 9.07. The van der Waals surface area contributed by atoms with Gasteiger partial charge in [-0.3, -0.25) is 28.8 Å². The minimum absolute atomic E-state index is 0. The van der Waals surface area contributed by atoms with Gasteiger partial charge in [0.25, 0.3) is 11.1 Å². The first-order valence-electron chi connectivity index (χ1n) is 34.2. The summed E-state index contributed by atoms with van der Waals surface area (Å²) in [5, 5.41) is 9.91. The molecule has 2 saturated carbocycles. The van der Waals surface area contributed by atoms with Gasteiger partial charge < -0.3 is 28.8 Å². The lowest BCUT2D eigenvalue weighted by molar-refractivity contribution is -0.144. The second-order valence-corrected chi connectivity index (χ2v) is 28.9. The number of hydrogen-bond donors (Lipinski definition) is 1. The van der Waals surface area contributed by atoms with Crippen molar-refractivity contribution < 1.29 is 72.9 Å². The molecule has 2 aromatic heterocycles. The molecule has 0 bridgehead atoms. The van der Waals surface area contributed by atoms with E-state index < -0.39 is 142 Å². The van der Waals surface area contributed by atoms with E-state index in [1.54, 1.807) is 78.7 Å². The second-order valence-electron chi connectivity index (χ2n) is 28.9. The maximum Gasteiger partial charge on any atom is 0.416 e. The average Bonchev–Trinajstić information content (AvgIpc) is 0.955. The van der Waals surface area contributed by atoms with E-state index in [1.165, 1.54) is 6.07 Å². The monoisotopic (exact) mass is 1470 g/mol. The molecule has 2 heterocycles. The van der Waals surface area contributed by atoms with Crippen LogP contribution in [0.2, 0.25) is 0 Å². The Hall–Kier alpha value is -7.02. The molecule has 0 amide bonds. The molecule has 2 fully saturated rings. The summed E-state index contributed by atoms with van der Waals surface area (Å²) in [5.41, 5.74) is 1.60. The smallest absolute Gasteiger partial charge is 0.416 e. The van der Waals surface area contributed by atoms with Crippen LogP contribution in [-0.2, 0) is 49.1 Å². The van der Waals surface area contributed by atoms with E-state index in [2.05, 4.69) is 0 Å². The van der Waals surface area contributed by atoms with Gasteiger partial charge in [-0.05, 0) is 219 Å². The minimum Gasteiger partial charge on any atom is -0.481 e. The molecule has 8 rings (SSSR count). The number of benzene rings is 4. The van der Waals surface area contributed by atoms with Crippen molar-refractivity contribution >= 4 is 50.5 Å². The molecular formula is C78H98F10N4O8S2. The third-order valence-corrected chi connectivity index (χ3v) is 18.7. The van der Waals surface area contributed by atoms with Crippen LogP contribution in [0.1, 0.15) is 212 Å². The third-order valence-electron chi connectivity index (χ3n) is 18.7. The summed E-state index contributed by atoms with van der Waals surface area (Å²) >= 11 is 0. The molecule has 102 heavy (non-hydrogen) atoms. The Balaban J connectivity index is 0.000000360. The van der Waals surface area contributed by atoms with Gasteiger partial charge in [-0.25, -0.2) is 17.6 Å². The lowest BCUT2D eigenvalue weighted by Gasteiger charge is -2.26. The van der Waals surface area contributed by atoms with Crippen LogP contribution < -0.4 is 11.1 Å². The van der Waals surface area contributed by atoms with Crippen LogP contribution >= 0.6 is 27.0 Å². The molecule has 12 nitrogen and oxygen atoms in total. The summed E-state index contributed by atoms with van der Waals surface area (Å²) in [7, 11) is 6.81. The number of pyridine rings is 2. The topological polar surface area (TPSA) is 148 Å². The number of alkyl halides is 6. The van der Waals surface area contributed by atoms with Gasteiger partial charge in [-0.2, -0.15) is 53.3 Å². The number of carbonyl (C=O) groups is 4. The van der Waals surface area contributed by atoms with E-state index in [0.29, 0.717) is 54.5 Å². The zero-order valence-electron chi connectivity index (χ0n) is 60.9. The zero-order chi connectivity index (χ0) is 74.5. The molecule has 0 radical (unpaired) electrons. The van der Waals surface area contributed by atoms with Crippen molar-refractivity contribution in [1.82, 2.24) is 18.9 Å². The number of Topliss-reactive ketones (excluding diaryl/α,β-unsaturated/α-hetero) is 2. The van der Waals surface area contributed by atoms with Gasteiger partial charge in [-0.1, -0.05) is 63.1 Å². The first-order valence-corrected chi connectivity index (χ1v) is 34.2. The number of carbonyl (C=O) groups excluding carboxylic acids is 3. The third kappa shape index (κ3) is 21.3. The van der Waals surface area contributed by atoms with E-state index >= 15 is 17.6 Å². The molecule has 4 aromatic carbocycles. The lowest BCUT2D eigenvalue weighted by atomic mass is 9.82. The highest BCUT2D eigenvalue weighted by Gasteiger charge is 2.41. The van der Waals surface area contributed by atoms with Crippen molar-refractivity contribution in [2.24, 2.45) is 11.8 Å². The zero-order valence-corrected chi connectivity index (χ0v) is 62.9. The number of rotatable bonds is 29. The van der Waals surface area contributed by atoms with Crippen LogP contribution in [0, 0.1) is 76.6 Å². The highest BCUT2D eigenvalue weighted by molar-refractivity contribution is 7.59. The highest BCUT2D eigenvalue weighted by Crippen LogP contribution is 2.50. The summed E-state index contributed by atoms with van der Waals surface area (Å²) in [6.45, 7) is 20.4. The molecule has 2 aliphatic rings. The maximum atomic E-state index is 17.0. The van der Waals surface area contributed by atoms with Gasteiger partial charge in [0.2, 0.25) is 0 Å². The summed E-state index contributed by atoms with van der Waals surface area (Å²) in [5.74, 6) is -10.5. The second kappa shape index (κ2) is 35.6. The molecule has 0 aliphatic heterocycles. The van der Waals surface area contributed by atoms with Crippen molar-refractivity contribution in [3.63, 3.8) is 0 Å². The molecule has 560 valence electrons. The predicted octanol–water partition coefficient (Wildman–Crippen LogP) is 17.8. The van der Waals surface area contributed by atoms with Crippen LogP contribution in [0.25, 0.3) is 22.3 Å². The van der Waals surface area contributed by atoms with Crippen LogP contribution in [0.3, 0.4) is 0 Å². The van der Waals surface area contributed by atoms with Gasteiger partial charge in [0.1, 0.15) is 23.3 Å². The van der Waals surface area contributed by atoms with Gasteiger partial charge in [0.15, 0.2) is 11.6 Å². The molecule has 2 aliphatic carbocycles. The number of ketones is 2. The number of hydrogen-bond acceptors (Lipinski definition) is 9. The Kier molecular flexibility index (Phi) is 29.9. The van der Waals surface area contributed by atoms with Gasteiger partial charge in [-0.15, -0.1) is 0 Å². The number of aryl methyl sites for hydroxylation is 6. The van der Waals surface area contributed by atoms with Gasteiger partial charge in [0, 0.05) is 84.5 Å². The van der Waals surface area contributed by atoms with Crippen molar-refractivity contribution in [2.45, 2.75) is 201 Å². The number of carboxylic acids is 1. The molecule has 24 heteroatoms. The average molecular weight is 1470 g/mol. The van der Waals surface area contributed by atoms with Crippen molar-refractivity contribution in [1.29, 1.82) is 0 Å². The number of aromatic nitrogens is 2. The fraction of sp³-hybridized carbons (Fsp3) is 0.513. The Morgan fingerprint density at radius 3 is 1.15 bits per heavy atom. The lowest BCUT2D eigenvalue weighted by Crippen LogP contribution is -2.33. The van der Waals surface area contributed by atoms with Gasteiger partial charge >= 0.3 is 24.3 Å². The van der Waals surface area contributed by atoms with Crippen molar-refractivity contribution in [3.8, 4) is 22.3 Å². The molecule has 0 spiro atoms. The molecule has 0 saturated heterocycles. The van der Waals surface area contributed by atoms with E-state index in [-0.39, 0.29) is 124 Å². The highest BCUT2D eigenvalue weighted by atomic mass is 32.1. The van der Waals surface area contributed by atoms with E-state index in [4.69, 9.17) is 4.74 Å². The summed E-state index contributed by atoms with van der Waals surface area (Å²) in [4.78, 5) is 83.7. The first kappa shape index (κ1) is 85.6. The summed E-state index contributed by atoms with van der Waals surface area (Å²) in [6.07, 6.45) is -7.15. The fourth-order valence-corrected chi connectivity index (χ4v) is 14.0. The SMILES string of the molecule is CCOC(=O)C[C@H](CC(=O)C(CC(C)C)n1cc(CCN(C)C)c(C(F)(F)F)cc1=O)c1c(F)c(-c2c(C)cc(C)cc2C)cc(C2CC2)c1F.Cc1cc(C)c(-c2cc(C3CC3)c(F)c([C@H](CC(=O)O)CC(=O)C(CC(C)C)n3cc(CCN(C)C)c(C(F)(F)F)cc3=O)c2F)c(C)c1.S.S. The minimum atomic E-state index is -4.81. The molecule has 1 N–H and O–H groups in total. The number of ether oxygens (including phenoxy) is 1. The quantitative estimate of drug-likeness (QED) is 0.0355. The van der Waals surface area contributed by atoms with E-state index in [9.17, 15) is 60.2 Å². The number of likely N-dealkylation sites (N-methyl/N-ethyl adjacent to an activating group) is 2. The van der Waals surface area contributed by atoms with E-state index in [1.807, 2.05) is 65.8 Å².